The van der Waals surface area contributed by atoms with Gasteiger partial charge in [0.2, 0.25) is 5.88 Å². The van der Waals surface area contributed by atoms with Crippen LogP contribution in [-0.4, -0.2) is 36.2 Å². The van der Waals surface area contributed by atoms with Crippen LogP contribution in [0, 0.1) is 12.3 Å². The van der Waals surface area contributed by atoms with Crippen LogP contribution in [-0.2, 0) is 0 Å². The van der Waals surface area contributed by atoms with Crippen molar-refractivity contribution in [3.8, 4) is 5.88 Å². The van der Waals surface area contributed by atoms with E-state index >= 15 is 0 Å². The number of nitrogens with zero attached hydrogens (tertiary/aromatic N) is 2. The van der Waals surface area contributed by atoms with Crippen LogP contribution in [0.3, 0.4) is 0 Å². The van der Waals surface area contributed by atoms with Crippen molar-refractivity contribution in [2.75, 3.05) is 31.6 Å². The second kappa shape index (κ2) is 6.19. The average Bonchev–Trinajstić information content (AvgIpc) is 2.37. The van der Waals surface area contributed by atoms with Gasteiger partial charge in [-0.25, -0.2) is 4.98 Å². The number of aromatic nitrogens is 2. The number of piperidine rings is 1. The van der Waals surface area contributed by atoms with Crippen molar-refractivity contribution in [2.45, 2.75) is 33.6 Å². The molecule has 0 unspecified atom stereocenters. The Hall–Kier alpha value is -1.36. The van der Waals surface area contributed by atoms with Crippen molar-refractivity contribution in [1.82, 2.24) is 15.3 Å². The number of ether oxygens (including phenoxy) is 1. The molecule has 0 radical (unpaired) electrons. The molecule has 0 aliphatic carbocycles. The number of aryl methyl sites for hydroxylation is 1. The van der Waals surface area contributed by atoms with Gasteiger partial charge in [0.05, 0.1) is 6.61 Å². The van der Waals surface area contributed by atoms with Gasteiger partial charge in [0.25, 0.3) is 0 Å². The van der Waals surface area contributed by atoms with Gasteiger partial charge in [0.1, 0.15) is 11.6 Å². The lowest BCUT2D eigenvalue weighted by Crippen LogP contribution is -2.39. The summed E-state index contributed by atoms with van der Waals surface area (Å²) >= 11 is 0. The molecule has 0 saturated carbocycles. The first-order valence-electron chi connectivity index (χ1n) is 7.04. The summed E-state index contributed by atoms with van der Waals surface area (Å²) in [4.78, 5) is 8.67. The molecule has 0 aromatic carbocycles. The first-order valence-corrected chi connectivity index (χ1v) is 7.04. The smallest absolute Gasteiger partial charge is 0.218 e. The molecule has 1 aromatic rings. The summed E-state index contributed by atoms with van der Waals surface area (Å²) in [6, 6.07) is 1.88. The van der Waals surface area contributed by atoms with E-state index in [1.54, 1.807) is 0 Å². The molecule has 0 atom stereocenters. The maximum Gasteiger partial charge on any atom is 0.218 e. The Morgan fingerprint density at radius 2 is 2.11 bits per heavy atom. The highest BCUT2D eigenvalue weighted by Gasteiger charge is 2.26. The van der Waals surface area contributed by atoms with Crippen molar-refractivity contribution >= 4 is 5.82 Å². The van der Waals surface area contributed by atoms with Gasteiger partial charge in [-0.05, 0) is 45.2 Å². The molecule has 0 bridgehead atoms. The Labute approximate surface area is 115 Å². The highest BCUT2D eigenvalue weighted by atomic mass is 16.5. The van der Waals surface area contributed by atoms with Gasteiger partial charge in [-0.1, -0.05) is 6.92 Å². The number of nitrogens with one attached hydrogen (secondary N) is 2. The van der Waals surface area contributed by atoms with Crippen LogP contribution in [0.1, 0.15) is 32.5 Å². The minimum atomic E-state index is 0.343. The van der Waals surface area contributed by atoms with Crippen molar-refractivity contribution in [1.29, 1.82) is 0 Å². The standard InChI is InChI=1S/C14H24N4O/c1-4-19-13-9-12(17-11(2)18-13)16-10-14(3)5-7-15-8-6-14/h9,15H,4-8,10H2,1-3H3,(H,16,17,18). The van der Waals surface area contributed by atoms with Crippen LogP contribution in [0.4, 0.5) is 5.82 Å². The van der Waals surface area contributed by atoms with Gasteiger partial charge in [0, 0.05) is 12.6 Å². The van der Waals surface area contributed by atoms with E-state index in [1.807, 2.05) is 19.9 Å². The minimum absolute atomic E-state index is 0.343. The SMILES string of the molecule is CCOc1cc(NCC2(C)CCNCC2)nc(C)n1. The van der Waals surface area contributed by atoms with Gasteiger partial charge in [-0.2, -0.15) is 4.98 Å². The molecule has 5 nitrogen and oxygen atoms in total. The van der Waals surface area contributed by atoms with Crippen LogP contribution in [0.5, 0.6) is 5.88 Å². The lowest BCUT2D eigenvalue weighted by molar-refractivity contribution is 0.247. The highest BCUT2D eigenvalue weighted by molar-refractivity contribution is 5.38. The van der Waals surface area contributed by atoms with Crippen molar-refractivity contribution in [2.24, 2.45) is 5.41 Å². The predicted octanol–water partition coefficient (Wildman–Crippen LogP) is 1.99. The van der Waals surface area contributed by atoms with Gasteiger partial charge in [-0.3, -0.25) is 0 Å². The third kappa shape index (κ3) is 4.06. The molecule has 2 N–H and O–H groups in total. The fourth-order valence-corrected chi connectivity index (χ4v) is 2.36. The predicted molar refractivity (Wildman–Crippen MR) is 76.6 cm³/mol. The normalized spacial score (nSPS) is 18.1. The van der Waals surface area contributed by atoms with E-state index in [0.717, 1.165) is 31.3 Å². The summed E-state index contributed by atoms with van der Waals surface area (Å²) in [5.74, 6) is 2.24. The Balaban J connectivity index is 1.98. The van der Waals surface area contributed by atoms with E-state index in [1.165, 1.54) is 12.8 Å². The van der Waals surface area contributed by atoms with Crippen LogP contribution >= 0.6 is 0 Å². The zero-order valence-corrected chi connectivity index (χ0v) is 12.1. The van der Waals surface area contributed by atoms with E-state index in [0.29, 0.717) is 17.9 Å². The summed E-state index contributed by atoms with van der Waals surface area (Å²) in [6.45, 7) is 9.95. The molecule has 1 fully saturated rings. The van der Waals surface area contributed by atoms with Gasteiger partial charge < -0.3 is 15.4 Å². The molecular weight excluding hydrogens is 240 g/mol. The molecule has 106 valence electrons. The van der Waals surface area contributed by atoms with Gasteiger partial charge >= 0.3 is 0 Å². The lowest BCUT2D eigenvalue weighted by Gasteiger charge is -2.34. The van der Waals surface area contributed by atoms with E-state index in [9.17, 15) is 0 Å². The molecule has 1 aliphatic heterocycles. The Morgan fingerprint density at radius 1 is 1.37 bits per heavy atom. The Morgan fingerprint density at radius 3 is 2.79 bits per heavy atom. The zero-order valence-electron chi connectivity index (χ0n) is 12.1. The molecule has 19 heavy (non-hydrogen) atoms. The second-order valence-electron chi connectivity index (χ2n) is 5.49. The van der Waals surface area contributed by atoms with E-state index in [2.05, 4.69) is 27.5 Å². The third-order valence-electron chi connectivity index (χ3n) is 3.61. The second-order valence-corrected chi connectivity index (χ2v) is 5.49. The summed E-state index contributed by atoms with van der Waals surface area (Å²) in [5.41, 5.74) is 0.343. The average molecular weight is 264 g/mol. The zero-order chi connectivity index (χ0) is 13.7. The van der Waals surface area contributed by atoms with Crippen LogP contribution in [0.15, 0.2) is 6.07 Å². The molecule has 1 saturated heterocycles. The van der Waals surface area contributed by atoms with E-state index in [-0.39, 0.29) is 0 Å². The van der Waals surface area contributed by atoms with E-state index in [4.69, 9.17) is 4.74 Å². The largest absolute Gasteiger partial charge is 0.478 e. The van der Waals surface area contributed by atoms with Crippen molar-refractivity contribution in [3.05, 3.63) is 11.9 Å². The van der Waals surface area contributed by atoms with Crippen LogP contribution in [0.2, 0.25) is 0 Å². The summed E-state index contributed by atoms with van der Waals surface area (Å²) in [6.07, 6.45) is 2.39. The molecule has 5 heteroatoms. The topological polar surface area (TPSA) is 59.1 Å². The highest BCUT2D eigenvalue weighted by Crippen LogP contribution is 2.28. The number of hydrogen-bond acceptors (Lipinski definition) is 5. The minimum Gasteiger partial charge on any atom is -0.478 e. The Kier molecular flexibility index (Phi) is 4.58. The van der Waals surface area contributed by atoms with Crippen molar-refractivity contribution < 1.29 is 4.74 Å². The number of anilines is 1. The molecule has 2 heterocycles. The summed E-state index contributed by atoms with van der Waals surface area (Å²) < 4.78 is 5.44. The molecule has 2 rings (SSSR count). The number of rotatable bonds is 5. The third-order valence-corrected chi connectivity index (χ3v) is 3.61. The quantitative estimate of drug-likeness (QED) is 0.851. The van der Waals surface area contributed by atoms with Crippen LogP contribution < -0.4 is 15.4 Å². The maximum absolute atomic E-state index is 5.44. The summed E-state index contributed by atoms with van der Waals surface area (Å²) in [7, 11) is 0. The first-order chi connectivity index (χ1) is 9.11. The van der Waals surface area contributed by atoms with Crippen LogP contribution in [0.25, 0.3) is 0 Å². The summed E-state index contributed by atoms with van der Waals surface area (Å²) in [5, 5.41) is 6.84. The lowest BCUT2D eigenvalue weighted by atomic mass is 9.81. The molecule has 0 spiro atoms. The maximum atomic E-state index is 5.44. The fraction of sp³-hybridized carbons (Fsp3) is 0.714. The number of hydrogen-bond donors (Lipinski definition) is 2. The van der Waals surface area contributed by atoms with Gasteiger partial charge in [-0.15, -0.1) is 0 Å². The fourth-order valence-electron chi connectivity index (χ4n) is 2.36. The molecule has 0 amide bonds. The Bertz CT molecular complexity index is 416. The van der Waals surface area contributed by atoms with E-state index < -0.39 is 0 Å². The monoisotopic (exact) mass is 264 g/mol. The molecule has 1 aromatic heterocycles. The molecule has 1 aliphatic rings. The first kappa shape index (κ1) is 14.1. The van der Waals surface area contributed by atoms with Crippen molar-refractivity contribution in [3.63, 3.8) is 0 Å². The van der Waals surface area contributed by atoms with Gasteiger partial charge in [0.15, 0.2) is 0 Å². The molecular formula is C14H24N4O.